The van der Waals surface area contributed by atoms with Crippen LogP contribution in [-0.2, 0) is 9.53 Å². The fourth-order valence-corrected chi connectivity index (χ4v) is 4.06. The van der Waals surface area contributed by atoms with Crippen molar-refractivity contribution in [1.82, 2.24) is 4.90 Å². The lowest BCUT2D eigenvalue weighted by Crippen LogP contribution is -2.28. The Morgan fingerprint density at radius 3 is 2.85 bits per heavy atom. The van der Waals surface area contributed by atoms with Gasteiger partial charge in [-0.2, -0.15) is 0 Å². The molecule has 0 unspecified atom stereocenters. The van der Waals surface area contributed by atoms with E-state index in [0.29, 0.717) is 37.9 Å². The van der Waals surface area contributed by atoms with E-state index < -0.39 is 5.97 Å². The first-order valence-electron chi connectivity index (χ1n) is 8.18. The normalized spacial score (nSPS) is 15.7. The van der Waals surface area contributed by atoms with Crippen LogP contribution < -0.4 is 0 Å². The molecule has 0 N–H and O–H groups in total. The van der Waals surface area contributed by atoms with E-state index in [0.717, 1.165) is 6.42 Å². The van der Waals surface area contributed by atoms with Gasteiger partial charge < -0.3 is 9.15 Å². The minimum atomic E-state index is -0.520. The van der Waals surface area contributed by atoms with Gasteiger partial charge in [-0.25, -0.2) is 4.79 Å². The number of thiocarbonyl (C=S) groups is 1. The summed E-state index contributed by atoms with van der Waals surface area (Å²) in [6.45, 7) is 2.60. The second-order valence-corrected chi connectivity index (χ2v) is 7.80. The lowest BCUT2D eigenvalue weighted by atomic mass is 10.1. The molecule has 0 saturated carbocycles. The molecule has 1 aliphatic heterocycles. The number of amides is 1. The van der Waals surface area contributed by atoms with Crippen LogP contribution in [0.25, 0.3) is 17.4 Å². The smallest absolute Gasteiger partial charge is 0.339 e. The number of methoxy groups -OCH3 is 1. The summed E-state index contributed by atoms with van der Waals surface area (Å²) in [6, 6.07) is 8.49. The molecule has 0 radical (unpaired) electrons. The number of benzene rings is 1. The molecule has 1 aromatic carbocycles. The molecule has 2 heterocycles. The van der Waals surface area contributed by atoms with Crippen LogP contribution >= 0.6 is 35.6 Å². The lowest BCUT2D eigenvalue weighted by molar-refractivity contribution is -0.122. The van der Waals surface area contributed by atoms with Crippen molar-refractivity contribution in [3.8, 4) is 11.3 Å². The zero-order valence-electron chi connectivity index (χ0n) is 14.7. The largest absolute Gasteiger partial charge is 0.465 e. The van der Waals surface area contributed by atoms with Crippen LogP contribution in [0.1, 0.15) is 29.5 Å². The van der Waals surface area contributed by atoms with Gasteiger partial charge in [0, 0.05) is 18.2 Å². The summed E-state index contributed by atoms with van der Waals surface area (Å²) >= 11 is 12.6. The van der Waals surface area contributed by atoms with Gasteiger partial charge in [0.1, 0.15) is 15.8 Å². The number of carbonyl (C=O) groups excluding carboxylic acids is 2. The van der Waals surface area contributed by atoms with Crippen molar-refractivity contribution in [2.24, 2.45) is 0 Å². The fraction of sp³-hybridized carbons (Fsp3) is 0.211. The highest BCUT2D eigenvalue weighted by Crippen LogP contribution is 2.34. The zero-order chi connectivity index (χ0) is 19.6. The van der Waals surface area contributed by atoms with Gasteiger partial charge >= 0.3 is 5.97 Å². The van der Waals surface area contributed by atoms with E-state index in [2.05, 4.69) is 0 Å². The van der Waals surface area contributed by atoms with Gasteiger partial charge in [0.15, 0.2) is 0 Å². The van der Waals surface area contributed by atoms with Crippen molar-refractivity contribution >= 4 is 57.9 Å². The number of hydrogen-bond acceptors (Lipinski definition) is 6. The van der Waals surface area contributed by atoms with Crippen LogP contribution in [0.3, 0.4) is 0 Å². The molecule has 0 bridgehead atoms. The van der Waals surface area contributed by atoms with E-state index in [-0.39, 0.29) is 11.5 Å². The quantitative estimate of drug-likeness (QED) is 0.384. The van der Waals surface area contributed by atoms with Crippen LogP contribution in [0.4, 0.5) is 0 Å². The molecule has 1 aromatic heterocycles. The van der Waals surface area contributed by atoms with Gasteiger partial charge in [-0.15, -0.1) is 0 Å². The Balaban J connectivity index is 1.87. The van der Waals surface area contributed by atoms with Crippen LogP contribution in [0.2, 0.25) is 5.02 Å². The highest BCUT2D eigenvalue weighted by molar-refractivity contribution is 8.26. The van der Waals surface area contributed by atoms with Crippen LogP contribution in [0, 0.1) is 0 Å². The van der Waals surface area contributed by atoms with Crippen molar-refractivity contribution in [2.75, 3.05) is 13.7 Å². The number of hydrogen-bond donors (Lipinski definition) is 0. The third kappa shape index (κ3) is 4.10. The van der Waals surface area contributed by atoms with Gasteiger partial charge in [-0.3, -0.25) is 9.69 Å². The molecule has 1 amide bonds. The minimum Gasteiger partial charge on any atom is -0.465 e. The predicted molar refractivity (Wildman–Crippen MR) is 111 cm³/mol. The van der Waals surface area contributed by atoms with Crippen molar-refractivity contribution in [3.05, 3.63) is 51.6 Å². The van der Waals surface area contributed by atoms with E-state index in [1.54, 1.807) is 41.3 Å². The van der Waals surface area contributed by atoms with Gasteiger partial charge in [0.2, 0.25) is 0 Å². The first kappa shape index (κ1) is 19.7. The highest BCUT2D eigenvalue weighted by Gasteiger charge is 2.31. The maximum Gasteiger partial charge on any atom is 0.339 e. The molecule has 2 aromatic rings. The number of halogens is 1. The number of ether oxygens (including phenoxy) is 1. The Hall–Kier alpha value is -2.09. The molecule has 8 heteroatoms. The van der Waals surface area contributed by atoms with Gasteiger partial charge in [-0.1, -0.05) is 42.5 Å². The topological polar surface area (TPSA) is 59.8 Å². The molecule has 27 heavy (non-hydrogen) atoms. The Labute approximate surface area is 171 Å². The second kappa shape index (κ2) is 8.29. The lowest BCUT2D eigenvalue weighted by Gasteiger charge is -2.11. The Morgan fingerprint density at radius 1 is 1.37 bits per heavy atom. The summed E-state index contributed by atoms with van der Waals surface area (Å²) in [6.07, 6.45) is 2.51. The number of esters is 1. The van der Waals surface area contributed by atoms with E-state index >= 15 is 0 Å². The van der Waals surface area contributed by atoms with Crippen LogP contribution in [0.5, 0.6) is 0 Å². The predicted octanol–water partition coefficient (Wildman–Crippen LogP) is 5.00. The van der Waals surface area contributed by atoms with Crippen molar-refractivity contribution in [3.63, 3.8) is 0 Å². The first-order valence-corrected chi connectivity index (χ1v) is 9.78. The van der Waals surface area contributed by atoms with Crippen molar-refractivity contribution in [1.29, 1.82) is 0 Å². The van der Waals surface area contributed by atoms with Gasteiger partial charge in [0.25, 0.3) is 5.91 Å². The summed E-state index contributed by atoms with van der Waals surface area (Å²) in [5.41, 5.74) is 0.938. The Morgan fingerprint density at radius 2 is 2.15 bits per heavy atom. The summed E-state index contributed by atoms with van der Waals surface area (Å²) in [7, 11) is 1.30. The molecule has 5 nitrogen and oxygen atoms in total. The molecule has 0 spiro atoms. The number of carbonyl (C=O) groups is 2. The number of thioether (sulfide) groups is 1. The van der Waals surface area contributed by atoms with E-state index in [1.807, 2.05) is 6.92 Å². The number of furan rings is 1. The molecule has 0 aliphatic carbocycles. The number of nitrogens with zero attached hydrogens (tertiary/aromatic N) is 1. The molecular weight excluding hydrogens is 406 g/mol. The molecule has 1 fully saturated rings. The second-order valence-electron chi connectivity index (χ2n) is 5.72. The third-order valence-corrected chi connectivity index (χ3v) is 5.58. The summed E-state index contributed by atoms with van der Waals surface area (Å²) in [5.74, 6) is 0.446. The molecular formula is C19H16ClNO4S2. The maximum atomic E-state index is 12.4. The van der Waals surface area contributed by atoms with Gasteiger partial charge in [-0.05, 0) is 36.8 Å². The molecule has 1 saturated heterocycles. The highest BCUT2D eigenvalue weighted by atomic mass is 35.5. The standard InChI is InChI=1S/C19H16ClNO4S2/c1-3-8-21-17(22)16(27-19(21)26)10-12-5-7-15(25-12)11-4-6-14(20)13(9-11)18(23)24-2/h4-7,9-10H,3,8H2,1-2H3/b16-10-. The fourth-order valence-electron chi connectivity index (χ4n) is 2.58. The van der Waals surface area contributed by atoms with E-state index in [4.69, 9.17) is 33.0 Å². The molecule has 3 rings (SSSR count). The third-order valence-electron chi connectivity index (χ3n) is 3.88. The zero-order valence-corrected chi connectivity index (χ0v) is 17.0. The summed E-state index contributed by atoms with van der Waals surface area (Å²) in [5, 5.41) is 0.303. The van der Waals surface area contributed by atoms with Crippen LogP contribution in [0.15, 0.2) is 39.7 Å². The van der Waals surface area contributed by atoms with Crippen LogP contribution in [-0.4, -0.2) is 34.8 Å². The van der Waals surface area contributed by atoms with Crippen molar-refractivity contribution < 1.29 is 18.7 Å². The Bertz CT molecular complexity index is 951. The maximum absolute atomic E-state index is 12.4. The first-order chi connectivity index (χ1) is 12.9. The monoisotopic (exact) mass is 421 g/mol. The Kier molecular flexibility index (Phi) is 6.04. The van der Waals surface area contributed by atoms with E-state index in [9.17, 15) is 9.59 Å². The molecule has 0 atom stereocenters. The number of rotatable bonds is 5. The average molecular weight is 422 g/mol. The van der Waals surface area contributed by atoms with E-state index in [1.165, 1.54) is 18.9 Å². The SMILES string of the molecule is CCCN1C(=O)/C(=C/c2ccc(-c3ccc(Cl)c(C(=O)OC)c3)o2)SC1=S. The summed E-state index contributed by atoms with van der Waals surface area (Å²) in [4.78, 5) is 26.3. The van der Waals surface area contributed by atoms with Gasteiger partial charge in [0.05, 0.1) is 22.6 Å². The summed E-state index contributed by atoms with van der Waals surface area (Å²) < 4.78 is 11.1. The van der Waals surface area contributed by atoms with Crippen molar-refractivity contribution in [2.45, 2.75) is 13.3 Å². The average Bonchev–Trinajstić information content (AvgIpc) is 3.22. The molecule has 140 valence electrons. The minimum absolute atomic E-state index is 0.107. The molecule has 1 aliphatic rings.